The molecular formula is C20H20ClFN2O4. The fraction of sp³-hybridized carbons (Fsp3) is 0.200. The van der Waals surface area contributed by atoms with Crippen molar-refractivity contribution in [3.63, 3.8) is 0 Å². The van der Waals surface area contributed by atoms with E-state index in [4.69, 9.17) is 21.1 Å². The van der Waals surface area contributed by atoms with Crippen LogP contribution in [0.1, 0.15) is 18.1 Å². The molecule has 6 nitrogen and oxygen atoms in total. The fourth-order valence-corrected chi connectivity index (χ4v) is 2.62. The van der Waals surface area contributed by atoms with Gasteiger partial charge in [0.1, 0.15) is 5.82 Å². The van der Waals surface area contributed by atoms with E-state index >= 15 is 0 Å². The van der Waals surface area contributed by atoms with Gasteiger partial charge in [-0.3, -0.25) is 20.4 Å². The Kier molecular flexibility index (Phi) is 7.83. The lowest BCUT2D eigenvalue weighted by atomic mass is 10.1. The second-order valence-corrected chi connectivity index (χ2v) is 6.05. The van der Waals surface area contributed by atoms with Gasteiger partial charge in [0.2, 0.25) is 5.91 Å². The molecule has 0 aromatic heterocycles. The molecule has 28 heavy (non-hydrogen) atoms. The van der Waals surface area contributed by atoms with Crippen LogP contribution in [0.2, 0.25) is 5.02 Å². The topological polar surface area (TPSA) is 76.7 Å². The van der Waals surface area contributed by atoms with Gasteiger partial charge in [-0.25, -0.2) is 4.39 Å². The summed E-state index contributed by atoms with van der Waals surface area (Å²) in [7, 11) is 1.49. The van der Waals surface area contributed by atoms with Crippen LogP contribution < -0.4 is 20.3 Å². The van der Waals surface area contributed by atoms with Crippen molar-refractivity contribution in [3.8, 4) is 11.5 Å². The average Bonchev–Trinajstić information content (AvgIpc) is 2.67. The molecule has 148 valence electrons. The number of amides is 2. The summed E-state index contributed by atoms with van der Waals surface area (Å²) in [6.07, 6.45) is 2.78. The van der Waals surface area contributed by atoms with E-state index < -0.39 is 11.8 Å². The predicted molar refractivity (Wildman–Crippen MR) is 105 cm³/mol. The van der Waals surface area contributed by atoms with Gasteiger partial charge in [0.25, 0.3) is 5.91 Å². The zero-order valence-electron chi connectivity index (χ0n) is 15.4. The van der Waals surface area contributed by atoms with E-state index in [0.29, 0.717) is 34.3 Å². The first-order chi connectivity index (χ1) is 13.4. The van der Waals surface area contributed by atoms with Crippen LogP contribution in [0.5, 0.6) is 11.5 Å². The first-order valence-corrected chi connectivity index (χ1v) is 8.82. The smallest absolute Gasteiger partial charge is 0.262 e. The number of nitrogens with one attached hydrogen (secondary N) is 2. The van der Waals surface area contributed by atoms with Gasteiger partial charge in [-0.2, -0.15) is 0 Å². The molecule has 8 heteroatoms. The minimum Gasteiger partial charge on any atom is -0.491 e. The molecule has 0 fully saturated rings. The van der Waals surface area contributed by atoms with Crippen LogP contribution >= 0.6 is 11.6 Å². The highest BCUT2D eigenvalue weighted by Crippen LogP contribution is 2.36. The highest BCUT2D eigenvalue weighted by Gasteiger charge is 2.11. The maximum Gasteiger partial charge on any atom is 0.262 e. The lowest BCUT2D eigenvalue weighted by molar-refractivity contribution is -0.126. The monoisotopic (exact) mass is 406 g/mol. The highest BCUT2D eigenvalue weighted by atomic mass is 35.5. The third kappa shape index (κ3) is 6.28. The molecule has 2 aromatic carbocycles. The normalized spacial score (nSPS) is 10.6. The summed E-state index contributed by atoms with van der Waals surface area (Å²) in [5, 5.41) is 0.348. The second kappa shape index (κ2) is 10.3. The minimum atomic E-state index is -0.530. The fourth-order valence-electron chi connectivity index (χ4n) is 2.32. The SMILES string of the molecule is CCOc1cc(/C=C/C(=O)NNC(=O)Cc2ccc(F)cc2)cc(Cl)c1OC. The van der Waals surface area contributed by atoms with E-state index in [9.17, 15) is 14.0 Å². The first-order valence-electron chi connectivity index (χ1n) is 8.44. The molecule has 2 amide bonds. The van der Waals surface area contributed by atoms with Crippen molar-refractivity contribution in [3.05, 3.63) is 64.4 Å². The van der Waals surface area contributed by atoms with E-state index in [1.165, 1.54) is 43.5 Å². The summed E-state index contributed by atoms with van der Waals surface area (Å²) in [6.45, 7) is 2.26. The van der Waals surface area contributed by atoms with Crippen LogP contribution in [0.25, 0.3) is 6.08 Å². The number of carbonyl (C=O) groups is 2. The summed E-state index contributed by atoms with van der Waals surface area (Å²) in [5.74, 6) is -0.464. The molecule has 2 N–H and O–H groups in total. The molecule has 2 aromatic rings. The van der Waals surface area contributed by atoms with Gasteiger partial charge in [-0.15, -0.1) is 0 Å². The van der Waals surface area contributed by atoms with Crippen molar-refractivity contribution in [2.45, 2.75) is 13.3 Å². The number of hydrogen-bond donors (Lipinski definition) is 2. The molecule has 2 rings (SSSR count). The number of rotatable bonds is 7. The first kappa shape index (κ1) is 21.2. The van der Waals surface area contributed by atoms with Crippen LogP contribution in [0.3, 0.4) is 0 Å². The van der Waals surface area contributed by atoms with Crippen molar-refractivity contribution < 1.29 is 23.5 Å². The van der Waals surface area contributed by atoms with Gasteiger partial charge in [0.05, 0.1) is 25.2 Å². The minimum absolute atomic E-state index is 0.01000. The third-order valence-corrected chi connectivity index (χ3v) is 3.85. The van der Waals surface area contributed by atoms with Crippen LogP contribution in [0.4, 0.5) is 4.39 Å². The average molecular weight is 407 g/mol. The molecule has 0 atom stereocenters. The van der Waals surface area contributed by atoms with Crippen molar-refractivity contribution in [1.82, 2.24) is 10.9 Å². The summed E-state index contributed by atoms with van der Waals surface area (Å²) < 4.78 is 23.5. The molecule has 0 heterocycles. The van der Waals surface area contributed by atoms with E-state index in [1.807, 2.05) is 6.92 Å². The number of carbonyl (C=O) groups excluding carboxylic acids is 2. The molecular weight excluding hydrogens is 387 g/mol. The zero-order valence-corrected chi connectivity index (χ0v) is 16.2. The molecule has 0 saturated heterocycles. The summed E-state index contributed by atoms with van der Waals surface area (Å²) >= 11 is 6.16. The van der Waals surface area contributed by atoms with Crippen molar-refractivity contribution in [2.24, 2.45) is 0 Å². The number of methoxy groups -OCH3 is 1. The van der Waals surface area contributed by atoms with Gasteiger partial charge >= 0.3 is 0 Å². The standard InChI is InChI=1S/C20H20ClFN2O4/c1-3-28-17-11-14(10-16(21)20(17)27-2)6-9-18(25)23-24-19(26)12-13-4-7-15(22)8-5-13/h4-11H,3,12H2,1-2H3,(H,23,25)(H,24,26)/b9-6+. The highest BCUT2D eigenvalue weighted by molar-refractivity contribution is 6.32. The molecule has 0 radical (unpaired) electrons. The summed E-state index contributed by atoms with van der Waals surface area (Å²) in [5.41, 5.74) is 5.81. The number of hydrazine groups is 1. The van der Waals surface area contributed by atoms with Crippen molar-refractivity contribution in [1.29, 1.82) is 0 Å². The Morgan fingerprint density at radius 1 is 1.18 bits per heavy atom. The second-order valence-electron chi connectivity index (χ2n) is 5.64. The molecule has 0 unspecified atom stereocenters. The lowest BCUT2D eigenvalue weighted by Crippen LogP contribution is -2.41. The van der Waals surface area contributed by atoms with E-state index in [0.717, 1.165) is 0 Å². The van der Waals surface area contributed by atoms with Gasteiger partial charge in [0, 0.05) is 6.08 Å². The van der Waals surface area contributed by atoms with Crippen LogP contribution in [0.15, 0.2) is 42.5 Å². The number of ether oxygens (including phenoxy) is 2. The van der Waals surface area contributed by atoms with E-state index in [1.54, 1.807) is 12.1 Å². The number of hydrogen-bond acceptors (Lipinski definition) is 4. The molecule has 0 spiro atoms. The van der Waals surface area contributed by atoms with Crippen LogP contribution in [-0.4, -0.2) is 25.5 Å². The maximum absolute atomic E-state index is 12.8. The van der Waals surface area contributed by atoms with Crippen LogP contribution in [-0.2, 0) is 16.0 Å². The van der Waals surface area contributed by atoms with Crippen molar-refractivity contribution in [2.75, 3.05) is 13.7 Å². The van der Waals surface area contributed by atoms with Gasteiger partial charge in [-0.1, -0.05) is 23.7 Å². The summed E-state index contributed by atoms with van der Waals surface area (Å²) in [6, 6.07) is 8.84. The third-order valence-electron chi connectivity index (χ3n) is 3.57. The molecule has 0 bridgehead atoms. The molecule has 0 aliphatic rings. The molecule has 0 aliphatic heterocycles. The quantitative estimate of drug-likeness (QED) is 0.546. The Bertz CT molecular complexity index is 869. The maximum atomic E-state index is 12.8. The van der Waals surface area contributed by atoms with Gasteiger partial charge in [0.15, 0.2) is 11.5 Å². The molecule has 0 saturated carbocycles. The van der Waals surface area contributed by atoms with E-state index in [-0.39, 0.29) is 12.2 Å². The van der Waals surface area contributed by atoms with E-state index in [2.05, 4.69) is 10.9 Å². The van der Waals surface area contributed by atoms with Crippen LogP contribution in [0, 0.1) is 5.82 Å². The lowest BCUT2D eigenvalue weighted by Gasteiger charge is -2.11. The Morgan fingerprint density at radius 2 is 1.89 bits per heavy atom. The predicted octanol–water partition coefficient (Wildman–Crippen LogP) is 3.29. The molecule has 0 aliphatic carbocycles. The summed E-state index contributed by atoms with van der Waals surface area (Å²) in [4.78, 5) is 23.7. The largest absolute Gasteiger partial charge is 0.491 e. The zero-order chi connectivity index (χ0) is 20.5. The van der Waals surface area contributed by atoms with Crippen molar-refractivity contribution >= 4 is 29.5 Å². The Labute approximate surface area is 167 Å². The van der Waals surface area contributed by atoms with Gasteiger partial charge < -0.3 is 9.47 Å². The Hall–Kier alpha value is -3.06. The Balaban J connectivity index is 1.92. The number of benzene rings is 2. The number of halogens is 2. The van der Waals surface area contributed by atoms with Gasteiger partial charge in [-0.05, 0) is 48.4 Å². The Morgan fingerprint density at radius 3 is 2.54 bits per heavy atom.